The molecule has 19 heavy (non-hydrogen) atoms. The van der Waals surface area contributed by atoms with Gasteiger partial charge in [0.25, 0.3) is 0 Å². The molecule has 0 aliphatic carbocycles. The Labute approximate surface area is 112 Å². The zero-order valence-electron chi connectivity index (χ0n) is 11.2. The quantitative estimate of drug-likeness (QED) is 0.850. The first-order valence-electron chi connectivity index (χ1n) is 7.10. The maximum absolute atomic E-state index is 4.42. The zero-order valence-corrected chi connectivity index (χ0v) is 11.2. The van der Waals surface area contributed by atoms with E-state index >= 15 is 0 Å². The van der Waals surface area contributed by atoms with E-state index < -0.39 is 0 Å². The molecule has 1 atom stereocenters. The van der Waals surface area contributed by atoms with Gasteiger partial charge in [0.2, 0.25) is 0 Å². The average Bonchev–Trinajstić information content (AvgIpc) is 3.02. The minimum Gasteiger partial charge on any atom is -0.384 e. The molecule has 0 saturated carbocycles. The number of nitrogens with one attached hydrogen (secondary N) is 1. The summed E-state index contributed by atoms with van der Waals surface area (Å²) >= 11 is 0. The highest BCUT2D eigenvalue weighted by molar-refractivity contribution is 5.66. The highest BCUT2D eigenvalue weighted by Crippen LogP contribution is 2.30. The highest BCUT2D eigenvalue weighted by Gasteiger charge is 2.21. The van der Waals surface area contributed by atoms with E-state index in [0.717, 1.165) is 43.5 Å². The number of hydrogen-bond acceptors (Lipinski definition) is 3. The second-order valence-corrected chi connectivity index (χ2v) is 5.74. The van der Waals surface area contributed by atoms with Gasteiger partial charge in [0.15, 0.2) is 5.82 Å². The van der Waals surface area contributed by atoms with Crippen molar-refractivity contribution in [3.8, 4) is 11.4 Å². The molecule has 98 valence electrons. The second kappa shape index (κ2) is 4.08. The molecule has 0 spiro atoms. The first kappa shape index (κ1) is 11.0. The number of anilines is 1. The van der Waals surface area contributed by atoms with E-state index in [1.807, 2.05) is 0 Å². The van der Waals surface area contributed by atoms with E-state index in [1.54, 1.807) is 0 Å². The summed E-state index contributed by atoms with van der Waals surface area (Å²) in [6.45, 7) is 4.39. The number of fused-ring (bicyclic) bond motifs is 2. The smallest absolute Gasteiger partial charge is 0.163 e. The molecule has 4 rings (SSSR count). The standard InChI is InChI=1S/C15H18N4/c1-10-5-7-19-14(8-10)17-18-15(19)12-2-3-13-11(9-12)4-6-16-13/h2-3,9-10,16H,4-8H2,1H3. The monoisotopic (exact) mass is 254 g/mol. The van der Waals surface area contributed by atoms with Crippen molar-refractivity contribution in [3.63, 3.8) is 0 Å². The molecule has 0 bridgehead atoms. The van der Waals surface area contributed by atoms with Crippen LogP contribution in [0.3, 0.4) is 0 Å². The first-order valence-corrected chi connectivity index (χ1v) is 7.10. The summed E-state index contributed by atoms with van der Waals surface area (Å²) in [6, 6.07) is 6.60. The molecule has 1 N–H and O–H groups in total. The van der Waals surface area contributed by atoms with Gasteiger partial charge in [0, 0.05) is 30.8 Å². The Kier molecular flexibility index (Phi) is 2.37. The van der Waals surface area contributed by atoms with Crippen molar-refractivity contribution in [1.29, 1.82) is 0 Å². The fourth-order valence-corrected chi connectivity index (χ4v) is 3.14. The summed E-state index contributed by atoms with van der Waals surface area (Å²) in [4.78, 5) is 0. The Bertz CT molecular complexity index is 629. The van der Waals surface area contributed by atoms with Crippen LogP contribution in [0.4, 0.5) is 5.69 Å². The molecule has 1 aromatic carbocycles. The van der Waals surface area contributed by atoms with Crippen LogP contribution in [0.25, 0.3) is 11.4 Å². The van der Waals surface area contributed by atoms with Crippen molar-refractivity contribution < 1.29 is 0 Å². The van der Waals surface area contributed by atoms with Crippen molar-refractivity contribution in [2.75, 3.05) is 11.9 Å². The topological polar surface area (TPSA) is 42.7 Å². The van der Waals surface area contributed by atoms with Gasteiger partial charge in [-0.25, -0.2) is 0 Å². The molecular formula is C15H18N4. The Morgan fingerprint density at radius 2 is 2.26 bits per heavy atom. The molecule has 1 unspecified atom stereocenters. The van der Waals surface area contributed by atoms with Crippen LogP contribution in [-0.2, 0) is 19.4 Å². The van der Waals surface area contributed by atoms with Crippen LogP contribution in [-0.4, -0.2) is 21.3 Å². The van der Waals surface area contributed by atoms with Gasteiger partial charge >= 0.3 is 0 Å². The lowest BCUT2D eigenvalue weighted by Crippen LogP contribution is -2.17. The predicted octanol–water partition coefficient (Wildman–Crippen LogP) is 2.50. The van der Waals surface area contributed by atoms with E-state index in [9.17, 15) is 0 Å². The number of rotatable bonds is 1. The van der Waals surface area contributed by atoms with Crippen molar-refractivity contribution in [1.82, 2.24) is 14.8 Å². The van der Waals surface area contributed by atoms with Gasteiger partial charge in [-0.1, -0.05) is 6.92 Å². The molecule has 2 aliphatic heterocycles. The molecule has 0 radical (unpaired) electrons. The van der Waals surface area contributed by atoms with Gasteiger partial charge in [0.1, 0.15) is 5.82 Å². The largest absolute Gasteiger partial charge is 0.384 e. The lowest BCUT2D eigenvalue weighted by Gasteiger charge is -2.20. The van der Waals surface area contributed by atoms with Crippen molar-refractivity contribution in [2.45, 2.75) is 32.7 Å². The minimum atomic E-state index is 0.730. The number of hydrogen-bond donors (Lipinski definition) is 1. The van der Waals surface area contributed by atoms with Gasteiger partial charge in [-0.2, -0.15) is 0 Å². The Hall–Kier alpha value is -1.84. The molecule has 1 aromatic heterocycles. The van der Waals surface area contributed by atoms with Gasteiger partial charge in [-0.3, -0.25) is 0 Å². The normalized spacial score (nSPS) is 20.8. The van der Waals surface area contributed by atoms with Crippen LogP contribution in [0.1, 0.15) is 24.7 Å². The summed E-state index contributed by atoms with van der Waals surface area (Å²) in [6.07, 6.45) is 3.39. The van der Waals surface area contributed by atoms with Gasteiger partial charge in [0.05, 0.1) is 0 Å². The number of nitrogens with zero attached hydrogens (tertiary/aromatic N) is 3. The zero-order chi connectivity index (χ0) is 12.8. The Morgan fingerprint density at radius 3 is 3.21 bits per heavy atom. The van der Waals surface area contributed by atoms with Gasteiger partial charge < -0.3 is 9.88 Å². The molecule has 3 heterocycles. The number of benzene rings is 1. The summed E-state index contributed by atoms with van der Waals surface area (Å²) in [5, 5.41) is 12.2. The third-order valence-corrected chi connectivity index (χ3v) is 4.28. The molecule has 4 nitrogen and oxygen atoms in total. The number of aromatic nitrogens is 3. The van der Waals surface area contributed by atoms with Crippen LogP contribution >= 0.6 is 0 Å². The fraction of sp³-hybridized carbons (Fsp3) is 0.467. The molecule has 2 aromatic rings. The molecule has 4 heteroatoms. The molecular weight excluding hydrogens is 236 g/mol. The lowest BCUT2D eigenvalue weighted by atomic mass is 10.00. The van der Waals surface area contributed by atoms with Gasteiger partial charge in [-0.15, -0.1) is 10.2 Å². The fourth-order valence-electron chi connectivity index (χ4n) is 3.14. The van der Waals surface area contributed by atoms with Gasteiger partial charge in [-0.05, 0) is 42.5 Å². The molecule has 0 saturated heterocycles. The minimum absolute atomic E-state index is 0.730. The van der Waals surface area contributed by atoms with Crippen LogP contribution < -0.4 is 5.32 Å². The van der Waals surface area contributed by atoms with Crippen LogP contribution in [0, 0.1) is 5.92 Å². The maximum atomic E-state index is 4.42. The SMILES string of the molecule is CC1CCn2c(nnc2-c2ccc3c(c2)CCN3)C1. The molecule has 2 aliphatic rings. The van der Waals surface area contributed by atoms with Crippen molar-refractivity contribution >= 4 is 5.69 Å². The third-order valence-electron chi connectivity index (χ3n) is 4.28. The average molecular weight is 254 g/mol. The van der Waals surface area contributed by atoms with Crippen LogP contribution in [0.15, 0.2) is 18.2 Å². The van der Waals surface area contributed by atoms with E-state index in [-0.39, 0.29) is 0 Å². The van der Waals surface area contributed by atoms with E-state index in [4.69, 9.17) is 0 Å². The summed E-state index contributed by atoms with van der Waals surface area (Å²) in [7, 11) is 0. The van der Waals surface area contributed by atoms with E-state index in [0.29, 0.717) is 0 Å². The molecule has 0 amide bonds. The summed E-state index contributed by atoms with van der Waals surface area (Å²) in [5.41, 5.74) is 3.88. The summed E-state index contributed by atoms with van der Waals surface area (Å²) in [5.74, 6) is 2.91. The highest BCUT2D eigenvalue weighted by atomic mass is 15.3. The second-order valence-electron chi connectivity index (χ2n) is 5.74. The maximum Gasteiger partial charge on any atom is 0.163 e. The third kappa shape index (κ3) is 1.74. The van der Waals surface area contributed by atoms with Crippen LogP contribution in [0.5, 0.6) is 0 Å². The summed E-state index contributed by atoms with van der Waals surface area (Å²) < 4.78 is 2.30. The lowest BCUT2D eigenvalue weighted by molar-refractivity contribution is 0.411. The van der Waals surface area contributed by atoms with E-state index in [2.05, 4.69) is 45.2 Å². The Balaban J connectivity index is 1.77. The Morgan fingerprint density at radius 1 is 1.32 bits per heavy atom. The first-order chi connectivity index (χ1) is 9.31. The van der Waals surface area contributed by atoms with E-state index in [1.165, 1.54) is 23.2 Å². The van der Waals surface area contributed by atoms with Crippen LogP contribution in [0.2, 0.25) is 0 Å². The predicted molar refractivity (Wildman–Crippen MR) is 75.1 cm³/mol. The van der Waals surface area contributed by atoms with Crippen molar-refractivity contribution in [3.05, 3.63) is 29.6 Å². The molecule has 0 fully saturated rings. The van der Waals surface area contributed by atoms with Crippen molar-refractivity contribution in [2.24, 2.45) is 5.92 Å².